The molecule has 0 unspecified atom stereocenters. The van der Waals surface area contributed by atoms with Crippen LogP contribution in [0.2, 0.25) is 0 Å². The van der Waals surface area contributed by atoms with Crippen molar-refractivity contribution in [1.29, 1.82) is 0 Å². The molecule has 0 fully saturated rings. The molecule has 0 saturated carbocycles. The molecule has 6 rings (SSSR count). The fourth-order valence-corrected chi connectivity index (χ4v) is 5.19. The maximum absolute atomic E-state index is 12.8. The molecular formula is C23H19BN2O. The molecule has 0 spiro atoms. The fourth-order valence-electron chi connectivity index (χ4n) is 5.19. The highest BCUT2D eigenvalue weighted by atomic mass is 16.1. The molecule has 4 aromatic rings. The zero-order chi connectivity index (χ0) is 18.1. The summed E-state index contributed by atoms with van der Waals surface area (Å²) in [7, 11) is 0.905. The highest BCUT2D eigenvalue weighted by molar-refractivity contribution is 6.76. The lowest BCUT2D eigenvalue weighted by Crippen LogP contribution is -2.24. The van der Waals surface area contributed by atoms with Crippen molar-refractivity contribution >= 4 is 45.9 Å². The number of nitrogens with one attached hydrogen (secondary N) is 1. The Balaban J connectivity index is 1.88. The van der Waals surface area contributed by atoms with Crippen molar-refractivity contribution in [3.8, 4) is 11.1 Å². The molecule has 4 heteroatoms. The third-order valence-electron chi connectivity index (χ3n) is 6.17. The summed E-state index contributed by atoms with van der Waals surface area (Å²) in [5, 5.41) is 5.64. The monoisotopic (exact) mass is 350 g/mol. The smallest absolute Gasteiger partial charge is 0.252 e. The maximum Gasteiger partial charge on any atom is 0.252 e. The van der Waals surface area contributed by atoms with Gasteiger partial charge in [0, 0.05) is 34.9 Å². The molecule has 0 atom stereocenters. The lowest BCUT2D eigenvalue weighted by molar-refractivity contribution is 0.0966. The number of para-hydroxylation sites is 1. The number of amides is 1. The van der Waals surface area contributed by atoms with Crippen LogP contribution in [-0.2, 0) is 13.1 Å². The second kappa shape index (κ2) is 5.26. The van der Waals surface area contributed by atoms with Crippen LogP contribution in [0.1, 0.15) is 29.3 Å². The fraction of sp³-hybridized carbons (Fsp3) is 0.174. The number of rotatable bonds is 2. The van der Waals surface area contributed by atoms with Crippen LogP contribution in [-0.4, -0.2) is 17.8 Å². The van der Waals surface area contributed by atoms with Gasteiger partial charge in [-0.25, -0.2) is 0 Å². The zero-order valence-corrected chi connectivity index (χ0v) is 15.3. The molecule has 0 bridgehead atoms. The molecule has 3 aromatic carbocycles. The van der Waals surface area contributed by atoms with Crippen LogP contribution in [0.4, 0.5) is 0 Å². The van der Waals surface area contributed by atoms with Gasteiger partial charge in [0.2, 0.25) is 0 Å². The third-order valence-corrected chi connectivity index (χ3v) is 6.17. The first-order chi connectivity index (χ1) is 13.3. The predicted octanol–water partition coefficient (Wildman–Crippen LogP) is 2.82. The van der Waals surface area contributed by atoms with E-state index in [1.807, 2.05) is 0 Å². The molecule has 1 amide bonds. The molecule has 130 valence electrons. The quantitative estimate of drug-likeness (QED) is 0.488. The zero-order valence-electron chi connectivity index (χ0n) is 15.3. The number of fused-ring (bicyclic) bond motifs is 10. The summed E-state index contributed by atoms with van der Waals surface area (Å²) in [6, 6.07) is 17.2. The average Bonchev–Trinajstić information content (AvgIpc) is 3.34. The Hall–Kier alpha value is -3.01. The number of hydrogen-bond donors (Lipinski definition) is 1. The number of benzene rings is 3. The summed E-state index contributed by atoms with van der Waals surface area (Å²) < 4.78 is 2.48. The van der Waals surface area contributed by atoms with Gasteiger partial charge in [-0.1, -0.05) is 54.9 Å². The Morgan fingerprint density at radius 3 is 2.78 bits per heavy atom. The van der Waals surface area contributed by atoms with E-state index in [-0.39, 0.29) is 5.91 Å². The molecule has 1 aromatic heterocycles. The highest BCUT2D eigenvalue weighted by Crippen LogP contribution is 2.40. The summed E-state index contributed by atoms with van der Waals surface area (Å²) >= 11 is 0. The first-order valence-electron chi connectivity index (χ1n) is 9.74. The highest BCUT2D eigenvalue weighted by Gasteiger charge is 2.35. The molecule has 0 saturated heterocycles. The standard InChI is InChI=1S/C23H19BN2O/c1-2-11-26-17-10-6-4-8-14(17)18-15-12-25-23(27)20(15)19-13-7-3-5-9-16(13)24-21(19)22(18)26/h3-10,24H,2,11-12H2,1H3,(H,25,27). The maximum atomic E-state index is 12.8. The lowest BCUT2D eigenvalue weighted by Gasteiger charge is -2.13. The van der Waals surface area contributed by atoms with Gasteiger partial charge in [0.1, 0.15) is 0 Å². The minimum Gasteiger partial charge on any atom is -0.348 e. The van der Waals surface area contributed by atoms with Gasteiger partial charge in [0.15, 0.2) is 7.28 Å². The molecule has 2 aliphatic heterocycles. The number of aromatic nitrogens is 1. The van der Waals surface area contributed by atoms with Crippen molar-refractivity contribution in [2.75, 3.05) is 0 Å². The predicted molar refractivity (Wildman–Crippen MR) is 113 cm³/mol. The molecule has 1 N–H and O–H groups in total. The number of nitrogens with zero attached hydrogens (tertiary/aromatic N) is 1. The van der Waals surface area contributed by atoms with Crippen molar-refractivity contribution in [3.05, 3.63) is 59.7 Å². The van der Waals surface area contributed by atoms with Gasteiger partial charge in [0.05, 0.1) is 5.56 Å². The summed E-state index contributed by atoms with van der Waals surface area (Å²) in [5.41, 5.74) is 9.75. The Morgan fingerprint density at radius 2 is 1.89 bits per heavy atom. The summed E-state index contributed by atoms with van der Waals surface area (Å²) in [6.45, 7) is 3.85. The number of carbonyl (C=O) groups excluding carboxylic acids is 1. The Morgan fingerprint density at radius 1 is 1.07 bits per heavy atom. The van der Waals surface area contributed by atoms with E-state index in [1.165, 1.54) is 49.4 Å². The van der Waals surface area contributed by atoms with Crippen LogP contribution in [0.5, 0.6) is 0 Å². The van der Waals surface area contributed by atoms with Crippen molar-refractivity contribution in [2.45, 2.75) is 26.4 Å². The number of carbonyl (C=O) groups is 1. The lowest BCUT2D eigenvalue weighted by atomic mass is 9.67. The van der Waals surface area contributed by atoms with Crippen molar-refractivity contribution in [3.63, 3.8) is 0 Å². The van der Waals surface area contributed by atoms with E-state index in [4.69, 9.17) is 0 Å². The number of aryl methyl sites for hydroxylation is 1. The van der Waals surface area contributed by atoms with Crippen LogP contribution in [0.3, 0.4) is 0 Å². The minimum atomic E-state index is 0.0761. The van der Waals surface area contributed by atoms with Crippen LogP contribution >= 0.6 is 0 Å². The number of hydrogen-bond acceptors (Lipinski definition) is 1. The van der Waals surface area contributed by atoms with Gasteiger partial charge >= 0.3 is 0 Å². The van der Waals surface area contributed by atoms with Crippen molar-refractivity contribution < 1.29 is 4.79 Å². The van der Waals surface area contributed by atoms with Crippen LogP contribution in [0.25, 0.3) is 32.9 Å². The van der Waals surface area contributed by atoms with Gasteiger partial charge in [-0.15, -0.1) is 0 Å². The van der Waals surface area contributed by atoms with Crippen LogP contribution in [0, 0.1) is 0 Å². The molecule has 0 radical (unpaired) electrons. The molecule has 0 aliphatic carbocycles. The van der Waals surface area contributed by atoms with Crippen LogP contribution < -0.4 is 16.2 Å². The largest absolute Gasteiger partial charge is 0.348 e. The minimum absolute atomic E-state index is 0.0761. The Bertz CT molecular complexity index is 1290. The first-order valence-corrected chi connectivity index (χ1v) is 9.74. The second-order valence-corrected chi connectivity index (χ2v) is 7.62. The summed E-state index contributed by atoms with van der Waals surface area (Å²) in [4.78, 5) is 12.8. The molecule has 3 heterocycles. The van der Waals surface area contributed by atoms with Gasteiger partial charge in [-0.05, 0) is 34.6 Å². The first kappa shape index (κ1) is 15.1. The summed E-state index contributed by atoms with van der Waals surface area (Å²) in [5.74, 6) is 0.0761. The van der Waals surface area contributed by atoms with Crippen LogP contribution in [0.15, 0.2) is 48.5 Å². The SMILES string of the molecule is CCCn1c2ccccc2c2c3c(c4c(c21)Bc1ccccc1-4)C(=O)NC3. The topological polar surface area (TPSA) is 34.0 Å². The Labute approximate surface area is 158 Å². The van der Waals surface area contributed by atoms with E-state index in [0.29, 0.717) is 6.54 Å². The van der Waals surface area contributed by atoms with E-state index >= 15 is 0 Å². The average molecular weight is 350 g/mol. The van der Waals surface area contributed by atoms with Gasteiger partial charge < -0.3 is 9.88 Å². The molecule has 27 heavy (non-hydrogen) atoms. The summed E-state index contributed by atoms with van der Waals surface area (Å²) in [6.07, 6.45) is 1.09. The van der Waals surface area contributed by atoms with Gasteiger partial charge in [-0.2, -0.15) is 0 Å². The van der Waals surface area contributed by atoms with E-state index in [0.717, 1.165) is 25.8 Å². The van der Waals surface area contributed by atoms with Gasteiger partial charge in [-0.3, -0.25) is 4.79 Å². The molecule has 2 aliphatic rings. The van der Waals surface area contributed by atoms with E-state index in [1.54, 1.807) is 0 Å². The van der Waals surface area contributed by atoms with E-state index in [9.17, 15) is 4.79 Å². The van der Waals surface area contributed by atoms with Gasteiger partial charge in [0.25, 0.3) is 5.91 Å². The van der Waals surface area contributed by atoms with E-state index < -0.39 is 0 Å². The Kier molecular flexibility index (Phi) is 2.94. The normalized spacial score (nSPS) is 14.2. The van der Waals surface area contributed by atoms with Crippen molar-refractivity contribution in [2.24, 2.45) is 0 Å². The molecular weight excluding hydrogens is 331 g/mol. The second-order valence-electron chi connectivity index (χ2n) is 7.62. The van der Waals surface area contributed by atoms with E-state index in [2.05, 4.69) is 65.3 Å². The third kappa shape index (κ3) is 1.80. The van der Waals surface area contributed by atoms with Crippen molar-refractivity contribution in [1.82, 2.24) is 9.88 Å². The molecule has 3 nitrogen and oxygen atoms in total.